The first-order chi connectivity index (χ1) is 7.33. The number of rotatable bonds is 0. The molecule has 3 rings (SSSR count). The van der Waals surface area contributed by atoms with Crippen LogP contribution < -0.4 is 10.3 Å². The highest BCUT2D eigenvalue weighted by atomic mass is 15.0. The van der Waals surface area contributed by atoms with Crippen LogP contribution in [-0.4, -0.2) is 0 Å². The van der Waals surface area contributed by atoms with Gasteiger partial charge < -0.3 is 5.73 Å². The van der Waals surface area contributed by atoms with Crippen molar-refractivity contribution in [3.8, 4) is 0 Å². The molecule has 2 heteroatoms. The monoisotopic (exact) mass is 197 g/mol. The van der Waals surface area contributed by atoms with E-state index in [1.54, 1.807) is 0 Å². The van der Waals surface area contributed by atoms with Gasteiger partial charge in [0.15, 0.2) is 18.4 Å². The summed E-state index contributed by atoms with van der Waals surface area (Å²) in [5.74, 6) is 0. The number of fused-ring (bicyclic) bond motifs is 2. The molecule has 2 N–H and O–H groups in total. The van der Waals surface area contributed by atoms with Gasteiger partial charge in [0, 0.05) is 23.4 Å². The molecule has 2 nitrogen and oxygen atoms in total. The van der Waals surface area contributed by atoms with Crippen molar-refractivity contribution in [1.29, 1.82) is 0 Å². The molecular formula is C13H13N2+. The first kappa shape index (κ1) is 8.48. The zero-order chi connectivity index (χ0) is 10.3. The number of aromatic nitrogens is 1. The fourth-order valence-electron chi connectivity index (χ4n) is 2.17. The van der Waals surface area contributed by atoms with Gasteiger partial charge in [-0.2, -0.15) is 4.57 Å². The maximum Gasteiger partial charge on any atom is 0.186 e. The molecule has 2 heterocycles. The minimum Gasteiger partial charge on any atom is -0.399 e. The molecule has 0 bridgehead atoms. The van der Waals surface area contributed by atoms with Gasteiger partial charge >= 0.3 is 0 Å². The van der Waals surface area contributed by atoms with Crippen molar-refractivity contribution in [2.24, 2.45) is 0 Å². The van der Waals surface area contributed by atoms with E-state index in [2.05, 4.69) is 41.1 Å². The Morgan fingerprint density at radius 2 is 2.00 bits per heavy atom. The van der Waals surface area contributed by atoms with Crippen molar-refractivity contribution in [1.82, 2.24) is 0 Å². The van der Waals surface area contributed by atoms with Crippen LogP contribution >= 0.6 is 0 Å². The zero-order valence-electron chi connectivity index (χ0n) is 8.48. The molecule has 0 saturated carbocycles. The predicted octanol–water partition coefficient (Wildman–Crippen LogP) is 1.51. The lowest BCUT2D eigenvalue weighted by atomic mass is 9.98. The molecule has 0 amide bonds. The van der Waals surface area contributed by atoms with Gasteiger partial charge in [-0.25, -0.2) is 0 Å². The van der Waals surface area contributed by atoms with E-state index >= 15 is 0 Å². The SMILES string of the molecule is Nc1ccc2c(c1)Cc1cccc[n+]1C2. The highest BCUT2D eigenvalue weighted by Crippen LogP contribution is 2.19. The van der Waals surface area contributed by atoms with E-state index in [1.165, 1.54) is 16.8 Å². The summed E-state index contributed by atoms with van der Waals surface area (Å²) < 4.78 is 2.29. The first-order valence-electron chi connectivity index (χ1n) is 5.17. The van der Waals surface area contributed by atoms with E-state index in [1.807, 2.05) is 6.07 Å². The largest absolute Gasteiger partial charge is 0.399 e. The van der Waals surface area contributed by atoms with Crippen LogP contribution in [-0.2, 0) is 13.0 Å². The number of anilines is 1. The topological polar surface area (TPSA) is 29.9 Å². The van der Waals surface area contributed by atoms with Crippen molar-refractivity contribution in [3.63, 3.8) is 0 Å². The Labute approximate surface area is 89.0 Å². The fourth-order valence-corrected chi connectivity index (χ4v) is 2.17. The molecule has 0 saturated heterocycles. The summed E-state index contributed by atoms with van der Waals surface area (Å²) in [6.07, 6.45) is 3.12. The van der Waals surface area contributed by atoms with Gasteiger partial charge in [-0.05, 0) is 17.7 Å². The average Bonchev–Trinajstić information content (AvgIpc) is 2.26. The molecule has 2 aromatic rings. The predicted molar refractivity (Wildman–Crippen MR) is 59.4 cm³/mol. The lowest BCUT2D eigenvalue weighted by molar-refractivity contribution is -0.697. The van der Waals surface area contributed by atoms with E-state index in [0.717, 1.165) is 18.7 Å². The summed E-state index contributed by atoms with van der Waals surface area (Å²) in [6, 6.07) is 12.5. The Morgan fingerprint density at radius 1 is 1.07 bits per heavy atom. The fraction of sp³-hybridized carbons (Fsp3) is 0.154. The van der Waals surface area contributed by atoms with Crippen molar-refractivity contribution < 1.29 is 4.57 Å². The maximum atomic E-state index is 5.80. The lowest BCUT2D eigenvalue weighted by Crippen LogP contribution is -2.41. The van der Waals surface area contributed by atoms with Crippen molar-refractivity contribution in [2.75, 3.05) is 5.73 Å². The molecule has 1 aromatic carbocycles. The van der Waals surface area contributed by atoms with Gasteiger partial charge in [0.05, 0.1) is 6.42 Å². The number of hydrogen-bond acceptors (Lipinski definition) is 1. The first-order valence-corrected chi connectivity index (χ1v) is 5.17. The molecule has 0 fully saturated rings. The number of benzene rings is 1. The van der Waals surface area contributed by atoms with Crippen LogP contribution in [0.3, 0.4) is 0 Å². The quantitative estimate of drug-likeness (QED) is 0.429. The van der Waals surface area contributed by atoms with Crippen molar-refractivity contribution in [3.05, 3.63) is 59.4 Å². The van der Waals surface area contributed by atoms with Crippen LogP contribution in [0.15, 0.2) is 42.6 Å². The Morgan fingerprint density at radius 3 is 2.93 bits per heavy atom. The molecule has 0 atom stereocenters. The summed E-state index contributed by atoms with van der Waals surface area (Å²) in [7, 11) is 0. The molecule has 15 heavy (non-hydrogen) atoms. The second-order valence-corrected chi connectivity index (χ2v) is 4.02. The van der Waals surface area contributed by atoms with Crippen LogP contribution in [0.1, 0.15) is 16.8 Å². The normalized spacial score (nSPS) is 13.1. The summed E-state index contributed by atoms with van der Waals surface area (Å²) in [5, 5.41) is 0. The zero-order valence-corrected chi connectivity index (χ0v) is 8.48. The molecule has 1 aliphatic heterocycles. The molecule has 0 spiro atoms. The Kier molecular flexibility index (Phi) is 1.75. The van der Waals surface area contributed by atoms with E-state index in [0.29, 0.717) is 0 Å². The molecule has 0 radical (unpaired) electrons. The maximum absolute atomic E-state index is 5.80. The van der Waals surface area contributed by atoms with Crippen LogP contribution in [0.5, 0.6) is 0 Å². The summed E-state index contributed by atoms with van der Waals surface area (Å²) >= 11 is 0. The Hall–Kier alpha value is -1.83. The molecular weight excluding hydrogens is 184 g/mol. The van der Waals surface area contributed by atoms with Crippen LogP contribution in [0.25, 0.3) is 0 Å². The minimum atomic E-state index is 0.859. The highest BCUT2D eigenvalue weighted by molar-refractivity contribution is 5.46. The van der Waals surface area contributed by atoms with E-state index < -0.39 is 0 Å². The molecule has 0 aliphatic carbocycles. The molecule has 0 unspecified atom stereocenters. The number of pyridine rings is 1. The van der Waals surface area contributed by atoms with Crippen molar-refractivity contribution >= 4 is 5.69 Å². The van der Waals surface area contributed by atoms with Gasteiger partial charge in [0.1, 0.15) is 0 Å². The third-order valence-corrected chi connectivity index (χ3v) is 2.98. The standard InChI is InChI=1S/C13H13N2/c14-12-5-4-10-9-15-6-2-1-3-13(15)8-11(10)7-12/h1-7H,8-9,14H2/q+1. The second kappa shape index (κ2) is 3.09. The Bertz CT molecular complexity index is 518. The number of nitrogens with two attached hydrogens (primary N) is 1. The number of nitrogens with zero attached hydrogens (tertiary/aromatic N) is 1. The van der Waals surface area contributed by atoms with E-state index in [9.17, 15) is 0 Å². The second-order valence-electron chi connectivity index (χ2n) is 4.02. The van der Waals surface area contributed by atoms with Crippen LogP contribution in [0.4, 0.5) is 5.69 Å². The van der Waals surface area contributed by atoms with Gasteiger partial charge in [-0.3, -0.25) is 0 Å². The molecule has 1 aliphatic rings. The molecule has 74 valence electrons. The molecule has 1 aromatic heterocycles. The van der Waals surface area contributed by atoms with E-state index in [4.69, 9.17) is 5.73 Å². The van der Waals surface area contributed by atoms with Gasteiger partial charge in [-0.1, -0.05) is 12.1 Å². The van der Waals surface area contributed by atoms with E-state index in [-0.39, 0.29) is 0 Å². The van der Waals surface area contributed by atoms with Crippen molar-refractivity contribution in [2.45, 2.75) is 13.0 Å². The lowest BCUT2D eigenvalue weighted by Gasteiger charge is -2.14. The highest BCUT2D eigenvalue weighted by Gasteiger charge is 2.20. The number of nitrogen functional groups attached to an aromatic ring is 1. The Balaban J connectivity index is 2.11. The minimum absolute atomic E-state index is 0.859. The van der Waals surface area contributed by atoms with Crippen LogP contribution in [0.2, 0.25) is 0 Å². The van der Waals surface area contributed by atoms with Gasteiger partial charge in [0.25, 0.3) is 0 Å². The smallest absolute Gasteiger partial charge is 0.186 e. The summed E-state index contributed by atoms with van der Waals surface area (Å²) in [5.41, 5.74) is 10.8. The van der Waals surface area contributed by atoms with Gasteiger partial charge in [-0.15, -0.1) is 0 Å². The van der Waals surface area contributed by atoms with Gasteiger partial charge in [0.2, 0.25) is 0 Å². The average molecular weight is 197 g/mol. The number of hydrogen-bond donors (Lipinski definition) is 1. The third-order valence-electron chi connectivity index (χ3n) is 2.98. The summed E-state index contributed by atoms with van der Waals surface area (Å²) in [4.78, 5) is 0. The third kappa shape index (κ3) is 1.38. The summed E-state index contributed by atoms with van der Waals surface area (Å²) in [6.45, 7) is 0.964. The van der Waals surface area contributed by atoms with Crippen LogP contribution in [0, 0.1) is 0 Å².